The van der Waals surface area contributed by atoms with Gasteiger partial charge in [0, 0.05) is 18.5 Å². The molecule has 0 saturated carbocycles. The Bertz CT molecular complexity index is 1100. The first-order valence-corrected chi connectivity index (χ1v) is 11.2. The SMILES string of the molecule is COc1cc(-c2cccc(CNc3ccc(S(C)(=O)=O)cc3)c2)cc(OC)c1OC. The van der Waals surface area contributed by atoms with Crippen molar-refractivity contribution in [2.75, 3.05) is 32.9 Å². The molecule has 0 radical (unpaired) electrons. The van der Waals surface area contributed by atoms with Crippen molar-refractivity contribution in [2.45, 2.75) is 11.4 Å². The van der Waals surface area contributed by atoms with Crippen molar-refractivity contribution in [3.8, 4) is 28.4 Å². The van der Waals surface area contributed by atoms with Gasteiger partial charge in [0.25, 0.3) is 0 Å². The Kier molecular flexibility index (Phi) is 6.52. The molecule has 6 nitrogen and oxygen atoms in total. The highest BCUT2D eigenvalue weighted by Crippen LogP contribution is 2.41. The van der Waals surface area contributed by atoms with Crippen LogP contribution in [-0.4, -0.2) is 36.0 Å². The average molecular weight is 428 g/mol. The van der Waals surface area contributed by atoms with E-state index in [4.69, 9.17) is 14.2 Å². The minimum absolute atomic E-state index is 0.303. The lowest BCUT2D eigenvalue weighted by Gasteiger charge is -2.15. The first kappa shape index (κ1) is 21.5. The fourth-order valence-corrected chi connectivity index (χ4v) is 3.76. The molecule has 0 aliphatic carbocycles. The third kappa shape index (κ3) is 4.86. The Morgan fingerprint density at radius 1 is 0.800 bits per heavy atom. The number of rotatable bonds is 8. The largest absolute Gasteiger partial charge is 0.493 e. The van der Waals surface area contributed by atoms with Crippen LogP contribution in [0.1, 0.15) is 5.56 Å². The number of methoxy groups -OCH3 is 3. The zero-order valence-electron chi connectivity index (χ0n) is 17.4. The molecule has 0 atom stereocenters. The molecule has 0 amide bonds. The van der Waals surface area contributed by atoms with E-state index in [1.807, 2.05) is 30.3 Å². The van der Waals surface area contributed by atoms with Gasteiger partial charge in [0.2, 0.25) is 5.75 Å². The van der Waals surface area contributed by atoms with Crippen LogP contribution in [0, 0.1) is 0 Å². The Morgan fingerprint density at radius 3 is 1.97 bits per heavy atom. The lowest BCUT2D eigenvalue weighted by molar-refractivity contribution is 0.324. The van der Waals surface area contributed by atoms with Crippen LogP contribution in [0.2, 0.25) is 0 Å². The molecule has 0 heterocycles. The predicted molar refractivity (Wildman–Crippen MR) is 118 cm³/mol. The number of ether oxygens (including phenoxy) is 3. The topological polar surface area (TPSA) is 73.9 Å². The molecule has 158 valence electrons. The van der Waals surface area contributed by atoms with Crippen LogP contribution in [0.25, 0.3) is 11.1 Å². The highest BCUT2D eigenvalue weighted by Gasteiger charge is 2.14. The Labute approximate surface area is 177 Å². The molecule has 0 spiro atoms. The summed E-state index contributed by atoms with van der Waals surface area (Å²) >= 11 is 0. The summed E-state index contributed by atoms with van der Waals surface area (Å²) in [6.07, 6.45) is 1.20. The van der Waals surface area contributed by atoms with Crippen LogP contribution in [-0.2, 0) is 16.4 Å². The Balaban J connectivity index is 1.81. The summed E-state index contributed by atoms with van der Waals surface area (Å²) in [5.74, 6) is 1.75. The van der Waals surface area contributed by atoms with Crippen molar-refractivity contribution in [1.29, 1.82) is 0 Å². The number of hydrogen-bond acceptors (Lipinski definition) is 6. The second kappa shape index (κ2) is 9.09. The van der Waals surface area contributed by atoms with Gasteiger partial charge in [0.15, 0.2) is 21.3 Å². The molecular formula is C23H25NO5S. The van der Waals surface area contributed by atoms with Gasteiger partial charge in [-0.05, 0) is 59.2 Å². The van der Waals surface area contributed by atoms with Gasteiger partial charge in [-0.2, -0.15) is 0 Å². The van der Waals surface area contributed by atoms with E-state index in [9.17, 15) is 8.42 Å². The molecular weight excluding hydrogens is 402 g/mol. The summed E-state index contributed by atoms with van der Waals surface area (Å²) in [6.45, 7) is 0.594. The molecule has 0 unspecified atom stereocenters. The fraction of sp³-hybridized carbons (Fsp3) is 0.217. The first-order valence-electron chi connectivity index (χ1n) is 9.29. The second-order valence-corrected chi connectivity index (χ2v) is 8.78. The molecule has 3 aromatic carbocycles. The van der Waals surface area contributed by atoms with Crippen LogP contribution < -0.4 is 19.5 Å². The number of hydrogen-bond donors (Lipinski definition) is 1. The van der Waals surface area contributed by atoms with Crippen LogP contribution in [0.3, 0.4) is 0 Å². The standard InChI is InChI=1S/C23H25NO5S/c1-27-21-13-18(14-22(28-2)23(21)29-3)17-7-5-6-16(12-17)15-24-19-8-10-20(11-9-19)30(4,25)26/h5-14,24H,15H2,1-4H3. The maximum absolute atomic E-state index is 11.6. The van der Waals surface area contributed by atoms with E-state index >= 15 is 0 Å². The second-order valence-electron chi connectivity index (χ2n) is 6.76. The number of anilines is 1. The van der Waals surface area contributed by atoms with Gasteiger partial charge in [-0.3, -0.25) is 0 Å². The smallest absolute Gasteiger partial charge is 0.203 e. The van der Waals surface area contributed by atoms with Gasteiger partial charge in [0.05, 0.1) is 26.2 Å². The molecule has 3 rings (SSSR count). The Morgan fingerprint density at radius 2 is 1.43 bits per heavy atom. The molecule has 1 N–H and O–H groups in total. The van der Waals surface area contributed by atoms with Crippen molar-refractivity contribution in [3.63, 3.8) is 0 Å². The van der Waals surface area contributed by atoms with E-state index in [-0.39, 0.29) is 0 Å². The van der Waals surface area contributed by atoms with E-state index in [2.05, 4.69) is 11.4 Å². The van der Waals surface area contributed by atoms with Gasteiger partial charge < -0.3 is 19.5 Å². The van der Waals surface area contributed by atoms with Crippen LogP contribution >= 0.6 is 0 Å². The van der Waals surface area contributed by atoms with Crippen molar-refractivity contribution < 1.29 is 22.6 Å². The van der Waals surface area contributed by atoms with Gasteiger partial charge in [-0.15, -0.1) is 0 Å². The molecule has 3 aromatic rings. The molecule has 0 bridgehead atoms. The minimum atomic E-state index is -3.20. The van der Waals surface area contributed by atoms with Crippen LogP contribution in [0.5, 0.6) is 17.2 Å². The first-order chi connectivity index (χ1) is 14.4. The number of sulfone groups is 1. The molecule has 0 aliphatic rings. The summed E-state index contributed by atoms with van der Waals surface area (Å²) < 4.78 is 39.5. The van der Waals surface area contributed by atoms with E-state index in [0.29, 0.717) is 28.7 Å². The predicted octanol–water partition coefficient (Wildman–Crippen LogP) is 4.40. The molecule has 0 aromatic heterocycles. The van der Waals surface area contributed by atoms with E-state index < -0.39 is 9.84 Å². The number of benzene rings is 3. The molecule has 0 saturated heterocycles. The maximum Gasteiger partial charge on any atom is 0.203 e. The third-order valence-corrected chi connectivity index (χ3v) is 5.83. The van der Waals surface area contributed by atoms with E-state index in [0.717, 1.165) is 22.4 Å². The summed E-state index contributed by atoms with van der Waals surface area (Å²) in [5, 5.41) is 3.32. The van der Waals surface area contributed by atoms with E-state index in [1.54, 1.807) is 45.6 Å². The van der Waals surface area contributed by atoms with Crippen LogP contribution in [0.4, 0.5) is 5.69 Å². The summed E-state index contributed by atoms with van der Waals surface area (Å²) in [4.78, 5) is 0.303. The van der Waals surface area contributed by atoms with Crippen molar-refractivity contribution >= 4 is 15.5 Å². The summed E-state index contributed by atoms with van der Waals surface area (Å²) in [7, 11) is 1.57. The van der Waals surface area contributed by atoms with E-state index in [1.165, 1.54) is 6.26 Å². The molecule has 0 aliphatic heterocycles. The molecule has 0 fully saturated rings. The lowest BCUT2D eigenvalue weighted by atomic mass is 10.0. The fourth-order valence-electron chi connectivity index (χ4n) is 3.13. The van der Waals surface area contributed by atoms with Gasteiger partial charge >= 0.3 is 0 Å². The maximum atomic E-state index is 11.6. The number of nitrogens with one attached hydrogen (secondary N) is 1. The van der Waals surface area contributed by atoms with Gasteiger partial charge in [-0.25, -0.2) is 8.42 Å². The minimum Gasteiger partial charge on any atom is -0.493 e. The van der Waals surface area contributed by atoms with Crippen molar-refractivity contribution in [3.05, 3.63) is 66.2 Å². The molecule has 30 heavy (non-hydrogen) atoms. The highest BCUT2D eigenvalue weighted by molar-refractivity contribution is 7.90. The summed E-state index contributed by atoms with van der Waals surface area (Å²) in [5.41, 5.74) is 3.89. The van der Waals surface area contributed by atoms with Gasteiger partial charge in [0.1, 0.15) is 0 Å². The molecule has 7 heteroatoms. The van der Waals surface area contributed by atoms with Crippen LogP contribution in [0.15, 0.2) is 65.6 Å². The monoisotopic (exact) mass is 427 g/mol. The van der Waals surface area contributed by atoms with Gasteiger partial charge in [-0.1, -0.05) is 18.2 Å². The highest BCUT2D eigenvalue weighted by atomic mass is 32.2. The normalized spacial score (nSPS) is 11.1. The lowest BCUT2D eigenvalue weighted by Crippen LogP contribution is -2.01. The Hall–Kier alpha value is -3.19. The van der Waals surface area contributed by atoms with Crippen molar-refractivity contribution in [1.82, 2.24) is 0 Å². The summed E-state index contributed by atoms with van der Waals surface area (Å²) in [6, 6.07) is 18.7. The average Bonchev–Trinajstić information content (AvgIpc) is 2.76. The quantitative estimate of drug-likeness (QED) is 0.575. The zero-order chi connectivity index (χ0) is 21.7. The third-order valence-electron chi connectivity index (χ3n) is 4.70. The van der Waals surface area contributed by atoms with Crippen molar-refractivity contribution in [2.24, 2.45) is 0 Å². The zero-order valence-corrected chi connectivity index (χ0v) is 18.2.